The molecule has 2 amide bonds. The summed E-state index contributed by atoms with van der Waals surface area (Å²) < 4.78 is 4.82. The molecule has 0 bridgehead atoms. The van der Waals surface area contributed by atoms with Gasteiger partial charge in [-0.2, -0.15) is 0 Å². The van der Waals surface area contributed by atoms with E-state index in [1.54, 1.807) is 13.8 Å². The minimum absolute atomic E-state index is 0.166. The molecule has 0 aliphatic heterocycles. The number of carboxylic acids is 1. The summed E-state index contributed by atoms with van der Waals surface area (Å²) in [6.45, 7) is 5.71. The molecule has 0 spiro atoms. The van der Waals surface area contributed by atoms with E-state index in [1.807, 2.05) is 6.92 Å². The van der Waals surface area contributed by atoms with Crippen LogP contribution in [0.25, 0.3) is 0 Å². The number of esters is 1. The summed E-state index contributed by atoms with van der Waals surface area (Å²) in [4.78, 5) is 37.3. The normalized spacial score (nSPS) is 11.6. The molecule has 0 aliphatic rings. The summed E-state index contributed by atoms with van der Waals surface area (Å²) in [5.74, 6) is -1.55. The molecule has 0 fully saturated rings. The lowest BCUT2D eigenvalue weighted by atomic mass is 10.2. The zero-order valence-electron chi connectivity index (χ0n) is 12.6. The Morgan fingerprint density at radius 1 is 1.20 bits per heavy atom. The Balaban J connectivity index is 4.85. The van der Waals surface area contributed by atoms with E-state index in [2.05, 4.69) is 0 Å². The summed E-state index contributed by atoms with van der Waals surface area (Å²) in [5, 5.41) is 9.07. The van der Waals surface area contributed by atoms with Gasteiger partial charge in [-0.15, -0.1) is 0 Å². The van der Waals surface area contributed by atoms with Crippen molar-refractivity contribution in [2.24, 2.45) is 0 Å². The topological polar surface area (TPSA) is 87.2 Å². The van der Waals surface area contributed by atoms with Crippen molar-refractivity contribution >= 4 is 18.0 Å². The molecule has 20 heavy (non-hydrogen) atoms. The van der Waals surface area contributed by atoms with Crippen molar-refractivity contribution in [2.75, 3.05) is 26.7 Å². The molecular formula is C13H24N2O5. The first-order chi connectivity index (χ1) is 9.38. The number of rotatable bonds is 8. The Labute approximate surface area is 119 Å². The van der Waals surface area contributed by atoms with Crippen LogP contribution in [-0.4, -0.2) is 65.7 Å². The number of likely N-dealkylation sites (N-methyl/N-ethyl adjacent to an activating group) is 1. The molecule has 0 aromatic rings. The fourth-order valence-corrected chi connectivity index (χ4v) is 1.85. The molecule has 0 aromatic carbocycles. The van der Waals surface area contributed by atoms with Gasteiger partial charge in [0, 0.05) is 13.6 Å². The summed E-state index contributed by atoms with van der Waals surface area (Å²) in [6.07, 6.45) is 0.972. The summed E-state index contributed by atoms with van der Waals surface area (Å²) in [5.41, 5.74) is 0. The largest absolute Gasteiger partial charge is 0.480 e. The van der Waals surface area contributed by atoms with Gasteiger partial charge >= 0.3 is 18.0 Å². The fraction of sp³-hybridized carbons (Fsp3) is 0.769. The number of nitrogens with zero attached hydrogens (tertiary/aromatic N) is 2. The lowest BCUT2D eigenvalue weighted by Gasteiger charge is -2.30. The van der Waals surface area contributed by atoms with Gasteiger partial charge in [0.05, 0.1) is 6.61 Å². The SMILES string of the molecule is CCCN(CC(=O)OCC)C(=O)N(C)C(CC)C(=O)O. The Bertz CT molecular complexity index is 346. The first-order valence-corrected chi connectivity index (χ1v) is 6.79. The number of aliphatic carboxylic acids is 1. The second-order valence-corrected chi connectivity index (χ2v) is 4.38. The van der Waals surface area contributed by atoms with E-state index in [0.717, 1.165) is 4.90 Å². The van der Waals surface area contributed by atoms with Gasteiger partial charge in [0.15, 0.2) is 0 Å². The summed E-state index contributed by atoms with van der Waals surface area (Å²) in [6, 6.07) is -1.38. The lowest BCUT2D eigenvalue weighted by Crippen LogP contribution is -2.50. The van der Waals surface area contributed by atoms with Crippen LogP contribution in [0.1, 0.15) is 33.6 Å². The molecule has 7 heteroatoms. The van der Waals surface area contributed by atoms with Gasteiger partial charge in [-0.3, -0.25) is 4.79 Å². The van der Waals surface area contributed by atoms with Crippen LogP contribution < -0.4 is 0 Å². The number of hydrogen-bond donors (Lipinski definition) is 1. The monoisotopic (exact) mass is 288 g/mol. The van der Waals surface area contributed by atoms with Crippen LogP contribution in [0.2, 0.25) is 0 Å². The quantitative estimate of drug-likeness (QED) is 0.678. The molecule has 0 radical (unpaired) electrons. The van der Waals surface area contributed by atoms with Crippen molar-refractivity contribution in [3.63, 3.8) is 0 Å². The van der Waals surface area contributed by atoms with Gasteiger partial charge in [-0.1, -0.05) is 13.8 Å². The van der Waals surface area contributed by atoms with Crippen LogP contribution in [-0.2, 0) is 14.3 Å². The van der Waals surface area contributed by atoms with E-state index < -0.39 is 24.0 Å². The third-order valence-corrected chi connectivity index (χ3v) is 2.83. The zero-order chi connectivity index (χ0) is 15.7. The van der Waals surface area contributed by atoms with E-state index in [4.69, 9.17) is 9.84 Å². The highest BCUT2D eigenvalue weighted by Gasteiger charge is 2.29. The average molecular weight is 288 g/mol. The van der Waals surface area contributed by atoms with Crippen molar-refractivity contribution in [3.8, 4) is 0 Å². The Hall–Kier alpha value is -1.79. The molecule has 0 rings (SSSR count). The van der Waals surface area contributed by atoms with Crippen LogP contribution in [0, 0.1) is 0 Å². The number of carbonyl (C=O) groups is 3. The average Bonchev–Trinajstić information content (AvgIpc) is 2.37. The van der Waals surface area contributed by atoms with Crippen molar-refractivity contribution in [3.05, 3.63) is 0 Å². The molecule has 1 N–H and O–H groups in total. The summed E-state index contributed by atoms with van der Waals surface area (Å²) >= 11 is 0. The van der Waals surface area contributed by atoms with E-state index in [1.165, 1.54) is 11.9 Å². The van der Waals surface area contributed by atoms with Crippen LogP contribution in [0.3, 0.4) is 0 Å². The smallest absolute Gasteiger partial charge is 0.326 e. The van der Waals surface area contributed by atoms with Gasteiger partial charge in [-0.05, 0) is 19.8 Å². The molecular weight excluding hydrogens is 264 g/mol. The highest BCUT2D eigenvalue weighted by atomic mass is 16.5. The number of amides is 2. The predicted octanol–water partition coefficient (Wildman–Crippen LogP) is 1.18. The first-order valence-electron chi connectivity index (χ1n) is 6.79. The minimum Gasteiger partial charge on any atom is -0.480 e. The first kappa shape index (κ1) is 18.2. The molecule has 0 saturated carbocycles. The minimum atomic E-state index is -1.06. The number of ether oxygens (including phenoxy) is 1. The van der Waals surface area contributed by atoms with Gasteiger partial charge in [0.1, 0.15) is 12.6 Å². The van der Waals surface area contributed by atoms with Crippen molar-refractivity contribution in [2.45, 2.75) is 39.7 Å². The zero-order valence-corrected chi connectivity index (χ0v) is 12.6. The Morgan fingerprint density at radius 3 is 2.20 bits per heavy atom. The van der Waals surface area contributed by atoms with Crippen LogP contribution >= 0.6 is 0 Å². The highest BCUT2D eigenvalue weighted by Crippen LogP contribution is 2.07. The predicted molar refractivity (Wildman–Crippen MR) is 73.4 cm³/mol. The number of carbonyl (C=O) groups excluding carboxylic acids is 2. The fourth-order valence-electron chi connectivity index (χ4n) is 1.85. The maximum Gasteiger partial charge on any atom is 0.326 e. The van der Waals surface area contributed by atoms with Crippen LogP contribution in [0.15, 0.2) is 0 Å². The van der Waals surface area contributed by atoms with E-state index in [0.29, 0.717) is 19.4 Å². The molecule has 1 unspecified atom stereocenters. The number of carboxylic acid groups (broad SMARTS) is 1. The van der Waals surface area contributed by atoms with Crippen LogP contribution in [0.4, 0.5) is 4.79 Å². The Kier molecular flexibility index (Phi) is 8.35. The van der Waals surface area contributed by atoms with Crippen molar-refractivity contribution in [1.82, 2.24) is 9.80 Å². The van der Waals surface area contributed by atoms with Crippen molar-refractivity contribution < 1.29 is 24.2 Å². The van der Waals surface area contributed by atoms with Gasteiger partial charge < -0.3 is 19.6 Å². The molecule has 1 atom stereocenters. The molecule has 116 valence electrons. The molecule has 7 nitrogen and oxygen atoms in total. The molecule has 0 aliphatic carbocycles. The molecule has 0 heterocycles. The number of urea groups is 1. The second kappa shape index (κ2) is 9.17. The highest BCUT2D eigenvalue weighted by molar-refractivity contribution is 5.85. The van der Waals surface area contributed by atoms with Gasteiger partial charge in [0.25, 0.3) is 0 Å². The number of hydrogen-bond acceptors (Lipinski definition) is 4. The second-order valence-electron chi connectivity index (χ2n) is 4.38. The lowest BCUT2D eigenvalue weighted by molar-refractivity contribution is -0.143. The third-order valence-electron chi connectivity index (χ3n) is 2.83. The van der Waals surface area contributed by atoms with E-state index in [-0.39, 0.29) is 13.2 Å². The summed E-state index contributed by atoms with van der Waals surface area (Å²) in [7, 11) is 1.43. The van der Waals surface area contributed by atoms with Crippen LogP contribution in [0.5, 0.6) is 0 Å². The van der Waals surface area contributed by atoms with Gasteiger partial charge in [0.2, 0.25) is 0 Å². The maximum atomic E-state index is 12.3. The molecule has 0 aromatic heterocycles. The molecule has 0 saturated heterocycles. The standard InChI is InChI=1S/C13H24N2O5/c1-5-8-15(9-11(16)20-7-3)13(19)14(4)10(6-2)12(17)18/h10H,5-9H2,1-4H3,(H,17,18). The maximum absolute atomic E-state index is 12.3. The van der Waals surface area contributed by atoms with E-state index >= 15 is 0 Å². The Morgan fingerprint density at radius 2 is 1.80 bits per heavy atom. The third kappa shape index (κ3) is 5.46. The van der Waals surface area contributed by atoms with E-state index in [9.17, 15) is 14.4 Å². The van der Waals surface area contributed by atoms with Crippen molar-refractivity contribution in [1.29, 1.82) is 0 Å². The van der Waals surface area contributed by atoms with Gasteiger partial charge in [-0.25, -0.2) is 9.59 Å².